The minimum absolute atomic E-state index is 0.265. The van der Waals surface area contributed by atoms with Crippen LogP contribution in [0.5, 0.6) is 0 Å². The van der Waals surface area contributed by atoms with Crippen LogP contribution in [0.4, 0.5) is 0 Å². The molecule has 0 fully saturated rings. The minimum Gasteiger partial charge on any atom is -0.0654 e. The van der Waals surface area contributed by atoms with Crippen LogP contribution >= 0.6 is 0 Å². The first kappa shape index (κ1) is 16.3. The van der Waals surface area contributed by atoms with E-state index in [2.05, 4.69) is 58.9 Å². The summed E-state index contributed by atoms with van der Waals surface area (Å²) in [5.41, 5.74) is 3.26. The molecule has 1 aromatic rings. The SMILES string of the molecule is CCCCC(CCCC)c1ccc(C(C)(C)C)cc1. The molecule has 0 saturated carbocycles. The normalized spacial score (nSPS) is 12.1. The van der Waals surface area contributed by atoms with E-state index in [4.69, 9.17) is 0 Å². The van der Waals surface area contributed by atoms with Gasteiger partial charge in [-0.2, -0.15) is 0 Å². The maximum Gasteiger partial charge on any atom is -0.0132 e. The van der Waals surface area contributed by atoms with E-state index in [0.29, 0.717) is 0 Å². The Hall–Kier alpha value is -0.780. The molecular weight excluding hydrogens is 228 g/mol. The van der Waals surface area contributed by atoms with E-state index < -0.39 is 0 Å². The van der Waals surface area contributed by atoms with Gasteiger partial charge in [0.2, 0.25) is 0 Å². The van der Waals surface area contributed by atoms with E-state index in [9.17, 15) is 0 Å². The average molecular weight is 260 g/mol. The van der Waals surface area contributed by atoms with Gasteiger partial charge in [0.1, 0.15) is 0 Å². The molecule has 0 amide bonds. The van der Waals surface area contributed by atoms with Crippen LogP contribution in [0.1, 0.15) is 90.2 Å². The van der Waals surface area contributed by atoms with Crippen molar-refractivity contribution in [3.05, 3.63) is 35.4 Å². The molecule has 0 aliphatic heterocycles. The molecule has 1 aromatic carbocycles. The number of hydrogen-bond donors (Lipinski definition) is 0. The van der Waals surface area contributed by atoms with E-state index in [-0.39, 0.29) is 5.41 Å². The first-order valence-electron chi connectivity index (χ1n) is 8.09. The molecule has 0 nitrogen and oxygen atoms in total. The molecule has 0 aliphatic carbocycles. The highest BCUT2D eigenvalue weighted by atomic mass is 14.2. The second kappa shape index (κ2) is 7.72. The van der Waals surface area contributed by atoms with Gasteiger partial charge in [0.15, 0.2) is 0 Å². The molecule has 0 atom stereocenters. The Kier molecular flexibility index (Phi) is 6.62. The van der Waals surface area contributed by atoms with Crippen molar-refractivity contribution in [3.63, 3.8) is 0 Å². The zero-order valence-corrected chi connectivity index (χ0v) is 13.6. The molecule has 0 heteroatoms. The van der Waals surface area contributed by atoms with Crippen LogP contribution in [0.2, 0.25) is 0 Å². The molecule has 19 heavy (non-hydrogen) atoms. The average Bonchev–Trinajstić information content (AvgIpc) is 2.38. The summed E-state index contributed by atoms with van der Waals surface area (Å²) in [4.78, 5) is 0. The molecule has 0 aliphatic rings. The molecule has 0 N–H and O–H groups in total. The van der Waals surface area contributed by atoms with E-state index >= 15 is 0 Å². The van der Waals surface area contributed by atoms with Crippen LogP contribution in [-0.2, 0) is 5.41 Å². The van der Waals surface area contributed by atoms with Gasteiger partial charge in [0, 0.05) is 0 Å². The smallest absolute Gasteiger partial charge is 0.0132 e. The van der Waals surface area contributed by atoms with Gasteiger partial charge in [0.05, 0.1) is 0 Å². The van der Waals surface area contributed by atoms with Crippen LogP contribution < -0.4 is 0 Å². The Morgan fingerprint density at radius 2 is 1.32 bits per heavy atom. The summed E-state index contributed by atoms with van der Waals surface area (Å²) in [6, 6.07) is 9.41. The highest BCUT2D eigenvalue weighted by Crippen LogP contribution is 2.30. The fraction of sp³-hybridized carbons (Fsp3) is 0.684. The quantitative estimate of drug-likeness (QED) is 0.528. The predicted octanol–water partition coefficient (Wildman–Crippen LogP) is 6.45. The summed E-state index contributed by atoms with van der Waals surface area (Å²) >= 11 is 0. The summed E-state index contributed by atoms with van der Waals surface area (Å²) in [7, 11) is 0. The molecule has 0 saturated heterocycles. The second-order valence-corrected chi connectivity index (χ2v) is 6.85. The van der Waals surface area contributed by atoms with Crippen molar-refractivity contribution in [3.8, 4) is 0 Å². The van der Waals surface area contributed by atoms with Crippen LogP contribution in [0, 0.1) is 0 Å². The lowest BCUT2D eigenvalue weighted by Gasteiger charge is -2.21. The molecule has 0 heterocycles. The first-order valence-corrected chi connectivity index (χ1v) is 8.09. The van der Waals surface area contributed by atoms with Crippen LogP contribution in [0.3, 0.4) is 0 Å². The Bertz CT molecular complexity index is 331. The molecule has 1 rings (SSSR count). The Labute approximate surface area is 120 Å². The maximum absolute atomic E-state index is 2.37. The lowest BCUT2D eigenvalue weighted by atomic mass is 9.84. The third-order valence-electron chi connectivity index (χ3n) is 4.06. The number of unbranched alkanes of at least 4 members (excludes halogenated alkanes) is 2. The Balaban J connectivity index is 2.78. The summed E-state index contributed by atoms with van der Waals surface area (Å²) < 4.78 is 0. The molecule has 0 bridgehead atoms. The lowest BCUT2D eigenvalue weighted by Crippen LogP contribution is -2.11. The standard InChI is InChI=1S/C19H32/c1-6-8-10-16(11-9-7-2)17-12-14-18(15-13-17)19(3,4)5/h12-16H,6-11H2,1-5H3. The highest BCUT2D eigenvalue weighted by Gasteiger charge is 2.15. The zero-order chi connectivity index (χ0) is 14.3. The molecular formula is C19H32. The maximum atomic E-state index is 2.37. The van der Waals surface area contributed by atoms with Gasteiger partial charge in [-0.05, 0) is 35.3 Å². The van der Waals surface area contributed by atoms with Gasteiger partial charge in [-0.1, -0.05) is 84.6 Å². The highest BCUT2D eigenvalue weighted by molar-refractivity contribution is 5.29. The van der Waals surface area contributed by atoms with Crippen molar-refractivity contribution in [2.24, 2.45) is 0 Å². The fourth-order valence-electron chi connectivity index (χ4n) is 2.63. The largest absolute Gasteiger partial charge is 0.0654 e. The summed E-state index contributed by atoms with van der Waals surface area (Å²) in [5, 5.41) is 0. The number of rotatable bonds is 7. The number of hydrogen-bond acceptors (Lipinski definition) is 0. The first-order chi connectivity index (χ1) is 8.99. The predicted molar refractivity (Wildman–Crippen MR) is 86.9 cm³/mol. The van der Waals surface area contributed by atoms with E-state index in [1.165, 1.54) is 44.1 Å². The van der Waals surface area contributed by atoms with Crippen LogP contribution in [-0.4, -0.2) is 0 Å². The Morgan fingerprint density at radius 1 is 0.842 bits per heavy atom. The zero-order valence-electron chi connectivity index (χ0n) is 13.6. The summed E-state index contributed by atoms with van der Waals surface area (Å²) in [5.74, 6) is 0.772. The molecule has 0 radical (unpaired) electrons. The van der Waals surface area contributed by atoms with E-state index in [0.717, 1.165) is 5.92 Å². The van der Waals surface area contributed by atoms with Crippen molar-refractivity contribution in [1.29, 1.82) is 0 Å². The summed E-state index contributed by atoms with van der Waals surface area (Å²) in [6.07, 6.45) is 8.03. The summed E-state index contributed by atoms with van der Waals surface area (Å²) in [6.45, 7) is 11.4. The third-order valence-corrected chi connectivity index (χ3v) is 4.06. The van der Waals surface area contributed by atoms with Crippen LogP contribution in [0.25, 0.3) is 0 Å². The molecule has 0 aromatic heterocycles. The molecule has 108 valence electrons. The van der Waals surface area contributed by atoms with Crippen molar-refractivity contribution in [2.75, 3.05) is 0 Å². The van der Waals surface area contributed by atoms with Gasteiger partial charge >= 0.3 is 0 Å². The fourth-order valence-corrected chi connectivity index (χ4v) is 2.63. The van der Waals surface area contributed by atoms with Gasteiger partial charge in [-0.15, -0.1) is 0 Å². The van der Waals surface area contributed by atoms with Crippen molar-refractivity contribution < 1.29 is 0 Å². The third kappa shape index (κ3) is 5.38. The number of benzene rings is 1. The second-order valence-electron chi connectivity index (χ2n) is 6.85. The van der Waals surface area contributed by atoms with Crippen molar-refractivity contribution in [1.82, 2.24) is 0 Å². The van der Waals surface area contributed by atoms with Gasteiger partial charge in [-0.3, -0.25) is 0 Å². The van der Waals surface area contributed by atoms with Gasteiger partial charge < -0.3 is 0 Å². The van der Waals surface area contributed by atoms with Crippen molar-refractivity contribution in [2.45, 2.75) is 84.5 Å². The van der Waals surface area contributed by atoms with Gasteiger partial charge in [-0.25, -0.2) is 0 Å². The van der Waals surface area contributed by atoms with Gasteiger partial charge in [0.25, 0.3) is 0 Å². The van der Waals surface area contributed by atoms with E-state index in [1.807, 2.05) is 0 Å². The Morgan fingerprint density at radius 3 is 1.68 bits per heavy atom. The van der Waals surface area contributed by atoms with E-state index in [1.54, 1.807) is 5.56 Å². The monoisotopic (exact) mass is 260 g/mol. The minimum atomic E-state index is 0.265. The molecule has 0 unspecified atom stereocenters. The van der Waals surface area contributed by atoms with Crippen LogP contribution in [0.15, 0.2) is 24.3 Å². The molecule has 0 spiro atoms. The lowest BCUT2D eigenvalue weighted by molar-refractivity contribution is 0.524. The van der Waals surface area contributed by atoms with Crippen molar-refractivity contribution >= 4 is 0 Å². The topological polar surface area (TPSA) is 0 Å².